The van der Waals surface area contributed by atoms with Gasteiger partial charge in [-0.1, -0.05) is 0 Å². The lowest BCUT2D eigenvalue weighted by molar-refractivity contribution is 0.0470. The van der Waals surface area contributed by atoms with E-state index >= 15 is 0 Å². The van der Waals surface area contributed by atoms with Gasteiger partial charge in [-0.15, -0.1) is 11.6 Å². The van der Waals surface area contributed by atoms with E-state index in [9.17, 15) is 4.39 Å². The molecule has 2 heterocycles. The number of alkyl halides is 1. The van der Waals surface area contributed by atoms with Crippen molar-refractivity contribution < 1.29 is 9.13 Å². The number of hydrogen-bond donors (Lipinski definition) is 0. The minimum absolute atomic E-state index is 0.235. The van der Waals surface area contributed by atoms with Crippen LogP contribution in [0.5, 0.6) is 0 Å². The number of ether oxygens (including phenoxy) is 1. The Bertz CT molecular complexity index is 400. The summed E-state index contributed by atoms with van der Waals surface area (Å²) in [5.74, 6) is 0.654. The summed E-state index contributed by atoms with van der Waals surface area (Å²) < 4.78 is 20.0. The zero-order chi connectivity index (χ0) is 13.0. The smallest absolute Gasteiger partial charge is 0.166 e. The van der Waals surface area contributed by atoms with Crippen molar-refractivity contribution in [3.8, 4) is 0 Å². The van der Waals surface area contributed by atoms with Crippen molar-refractivity contribution in [1.29, 1.82) is 0 Å². The molecule has 6 heteroatoms. The van der Waals surface area contributed by atoms with Crippen LogP contribution in [0.1, 0.15) is 12.8 Å². The number of hydrogen-bond acceptors (Lipinski definition) is 3. The first kappa shape index (κ1) is 14.0. The first-order valence-corrected chi connectivity index (χ1v) is 7.27. The van der Waals surface area contributed by atoms with Crippen LogP contribution in [0.15, 0.2) is 16.7 Å². The summed E-state index contributed by atoms with van der Waals surface area (Å²) in [7, 11) is 0. The van der Waals surface area contributed by atoms with Gasteiger partial charge in [0.25, 0.3) is 0 Å². The molecule has 18 heavy (non-hydrogen) atoms. The van der Waals surface area contributed by atoms with Crippen LogP contribution < -0.4 is 4.90 Å². The topological polar surface area (TPSA) is 25.4 Å². The molecule has 1 aliphatic heterocycles. The molecule has 0 unspecified atom stereocenters. The number of nitrogens with zero attached hydrogens (tertiary/aromatic N) is 2. The highest BCUT2D eigenvalue weighted by Crippen LogP contribution is 2.24. The zero-order valence-electron chi connectivity index (χ0n) is 9.91. The van der Waals surface area contributed by atoms with Gasteiger partial charge in [-0.2, -0.15) is 0 Å². The van der Waals surface area contributed by atoms with Crippen molar-refractivity contribution in [3.63, 3.8) is 0 Å². The van der Waals surface area contributed by atoms with Gasteiger partial charge in [0, 0.05) is 29.6 Å². The standard InChI is InChI=1S/C12H15BrClFN2O/c13-9-7-11(15)12(16-8-9)17-4-1-10(2-5-17)18-6-3-14/h7-8,10H,1-6H2. The highest BCUT2D eigenvalue weighted by Gasteiger charge is 2.22. The van der Waals surface area contributed by atoms with Gasteiger partial charge in [-0.05, 0) is 34.8 Å². The molecule has 3 nitrogen and oxygen atoms in total. The lowest BCUT2D eigenvalue weighted by atomic mass is 10.1. The van der Waals surface area contributed by atoms with Crippen molar-refractivity contribution in [2.75, 3.05) is 30.5 Å². The van der Waals surface area contributed by atoms with Crippen molar-refractivity contribution in [2.45, 2.75) is 18.9 Å². The van der Waals surface area contributed by atoms with E-state index in [2.05, 4.69) is 20.9 Å². The van der Waals surface area contributed by atoms with Crippen LogP contribution in [0.2, 0.25) is 0 Å². The van der Waals surface area contributed by atoms with E-state index in [1.165, 1.54) is 6.07 Å². The molecule has 1 aliphatic rings. The Morgan fingerprint density at radius 2 is 2.22 bits per heavy atom. The third kappa shape index (κ3) is 3.56. The predicted molar refractivity (Wildman–Crippen MR) is 73.8 cm³/mol. The van der Waals surface area contributed by atoms with E-state index < -0.39 is 0 Å². The average molecular weight is 338 g/mol. The molecule has 0 N–H and O–H groups in total. The van der Waals surface area contributed by atoms with Gasteiger partial charge in [0.1, 0.15) is 0 Å². The van der Waals surface area contributed by atoms with Gasteiger partial charge >= 0.3 is 0 Å². The minimum Gasteiger partial charge on any atom is -0.377 e. The van der Waals surface area contributed by atoms with E-state index in [0.717, 1.165) is 25.9 Å². The van der Waals surface area contributed by atoms with Crippen LogP contribution in [0, 0.1) is 5.82 Å². The first-order chi connectivity index (χ1) is 8.70. The highest BCUT2D eigenvalue weighted by molar-refractivity contribution is 9.10. The Hall–Kier alpha value is -0.390. The molecule has 2 rings (SSSR count). The summed E-state index contributed by atoms with van der Waals surface area (Å²) in [5.41, 5.74) is 0. The molecule has 0 bridgehead atoms. The van der Waals surface area contributed by atoms with Gasteiger partial charge in [0.2, 0.25) is 0 Å². The van der Waals surface area contributed by atoms with Crippen LogP contribution >= 0.6 is 27.5 Å². The SMILES string of the molecule is Fc1cc(Br)cnc1N1CCC(OCCCl)CC1. The summed E-state index contributed by atoms with van der Waals surface area (Å²) in [6.45, 7) is 2.11. The second kappa shape index (κ2) is 6.68. The first-order valence-electron chi connectivity index (χ1n) is 5.94. The second-order valence-electron chi connectivity index (χ2n) is 4.21. The summed E-state index contributed by atoms with van der Waals surface area (Å²) >= 11 is 8.79. The lowest BCUT2D eigenvalue weighted by Crippen LogP contribution is -2.38. The van der Waals surface area contributed by atoms with E-state index in [1.54, 1.807) is 6.20 Å². The largest absolute Gasteiger partial charge is 0.377 e. The third-order valence-corrected chi connectivity index (χ3v) is 3.55. The fourth-order valence-corrected chi connectivity index (χ4v) is 2.48. The molecule has 100 valence electrons. The van der Waals surface area contributed by atoms with Crippen molar-refractivity contribution in [3.05, 3.63) is 22.6 Å². The van der Waals surface area contributed by atoms with E-state index in [4.69, 9.17) is 16.3 Å². The number of halogens is 3. The number of anilines is 1. The molecule has 0 aliphatic carbocycles. The Labute approximate surface area is 119 Å². The van der Waals surface area contributed by atoms with Gasteiger partial charge < -0.3 is 9.64 Å². The molecular weight excluding hydrogens is 322 g/mol. The predicted octanol–water partition coefficient (Wildman–Crippen LogP) is 3.21. The molecule has 0 aromatic carbocycles. The van der Waals surface area contributed by atoms with Crippen LogP contribution in [0.3, 0.4) is 0 Å². The van der Waals surface area contributed by atoms with Gasteiger partial charge in [-0.3, -0.25) is 0 Å². The summed E-state index contributed by atoms with van der Waals surface area (Å²) in [5, 5.41) is 0. The molecule has 0 radical (unpaired) electrons. The van der Waals surface area contributed by atoms with Crippen LogP contribution in [-0.4, -0.2) is 36.7 Å². The van der Waals surface area contributed by atoms with E-state index in [0.29, 0.717) is 22.8 Å². The molecule has 1 aromatic heterocycles. The molecule has 1 aromatic rings. The van der Waals surface area contributed by atoms with Crippen LogP contribution in [-0.2, 0) is 4.74 Å². The molecule has 1 saturated heterocycles. The van der Waals surface area contributed by atoms with E-state index in [-0.39, 0.29) is 11.9 Å². The lowest BCUT2D eigenvalue weighted by Gasteiger charge is -2.32. The molecule has 0 saturated carbocycles. The Morgan fingerprint density at radius 3 is 2.83 bits per heavy atom. The highest BCUT2D eigenvalue weighted by atomic mass is 79.9. The fourth-order valence-electron chi connectivity index (χ4n) is 2.09. The van der Waals surface area contributed by atoms with Crippen molar-refractivity contribution in [1.82, 2.24) is 4.98 Å². The van der Waals surface area contributed by atoms with Crippen molar-refractivity contribution in [2.24, 2.45) is 0 Å². The maximum Gasteiger partial charge on any atom is 0.166 e. The molecule has 1 fully saturated rings. The minimum atomic E-state index is -0.287. The Balaban J connectivity index is 1.93. The summed E-state index contributed by atoms with van der Waals surface area (Å²) in [6, 6.07) is 1.44. The Kier molecular flexibility index (Phi) is 5.21. The van der Waals surface area contributed by atoms with Gasteiger partial charge in [-0.25, -0.2) is 9.37 Å². The number of pyridine rings is 1. The molecule has 0 spiro atoms. The zero-order valence-corrected chi connectivity index (χ0v) is 12.3. The quantitative estimate of drug-likeness (QED) is 0.789. The maximum atomic E-state index is 13.8. The molecule has 0 atom stereocenters. The van der Waals surface area contributed by atoms with Crippen molar-refractivity contribution >= 4 is 33.3 Å². The van der Waals surface area contributed by atoms with E-state index in [1.807, 2.05) is 4.90 Å². The second-order valence-corrected chi connectivity index (χ2v) is 5.50. The number of rotatable bonds is 4. The summed E-state index contributed by atoms with van der Waals surface area (Å²) in [6.07, 6.45) is 3.62. The third-order valence-electron chi connectivity index (χ3n) is 2.96. The van der Waals surface area contributed by atoms with Gasteiger partial charge in [0.05, 0.1) is 12.7 Å². The maximum absolute atomic E-state index is 13.8. The number of piperidine rings is 1. The monoisotopic (exact) mass is 336 g/mol. The van der Waals surface area contributed by atoms with Gasteiger partial charge in [0.15, 0.2) is 11.6 Å². The fraction of sp³-hybridized carbons (Fsp3) is 0.583. The molecular formula is C12H15BrClFN2O. The average Bonchev–Trinajstić information content (AvgIpc) is 2.37. The number of aromatic nitrogens is 1. The Morgan fingerprint density at radius 1 is 1.50 bits per heavy atom. The van der Waals surface area contributed by atoms with Crippen LogP contribution in [0.25, 0.3) is 0 Å². The van der Waals surface area contributed by atoms with Crippen LogP contribution in [0.4, 0.5) is 10.2 Å². The normalized spacial score (nSPS) is 17.2. The molecule has 0 amide bonds. The summed E-state index contributed by atoms with van der Waals surface area (Å²) in [4.78, 5) is 6.09.